The Morgan fingerprint density at radius 3 is 2.65 bits per heavy atom. The predicted molar refractivity (Wildman–Crippen MR) is 150 cm³/mol. The van der Waals surface area contributed by atoms with Crippen LogP contribution in [0.1, 0.15) is 25.0 Å². The summed E-state index contributed by atoms with van der Waals surface area (Å²) in [4.78, 5) is 30.2. The quantitative estimate of drug-likeness (QED) is 0.0794. The summed E-state index contributed by atoms with van der Waals surface area (Å²) in [5.41, 5.74) is 6.11. The molecule has 11 heteroatoms. The first kappa shape index (κ1) is 29.1. The molecule has 0 fully saturated rings. The molecule has 0 spiro atoms. The van der Waals surface area contributed by atoms with Crippen LogP contribution in [0.2, 0.25) is 0 Å². The molecule has 1 unspecified atom stereocenters. The highest BCUT2D eigenvalue weighted by Crippen LogP contribution is 2.18. The molecule has 37 heavy (non-hydrogen) atoms. The normalized spacial score (nSPS) is 15.3. The van der Waals surface area contributed by atoms with Crippen molar-refractivity contribution in [1.82, 2.24) is 21.0 Å². The third-order valence-electron chi connectivity index (χ3n) is 5.11. The second kappa shape index (κ2) is 13.8. The molecule has 2 rings (SSSR count). The summed E-state index contributed by atoms with van der Waals surface area (Å²) in [6.07, 6.45) is 10.2. The minimum absolute atomic E-state index is 0.0958. The highest BCUT2D eigenvalue weighted by Gasteiger charge is 2.20. The summed E-state index contributed by atoms with van der Waals surface area (Å²) in [7, 11) is 3.97. The van der Waals surface area contributed by atoms with Gasteiger partial charge in [0.15, 0.2) is 0 Å². The largest absolute Gasteiger partial charge is 0.351 e. The maximum atomic E-state index is 14.2. The van der Waals surface area contributed by atoms with Crippen molar-refractivity contribution >= 4 is 44.4 Å². The lowest BCUT2D eigenvalue weighted by Crippen LogP contribution is -2.39. The number of hydrogen-bond donors (Lipinski definition) is 4. The number of nitrogens with zero attached hydrogens (tertiary/aromatic N) is 3. The molecule has 9 nitrogen and oxygen atoms in total. The Morgan fingerprint density at radius 1 is 1.32 bits per heavy atom. The highest BCUT2D eigenvalue weighted by atomic mass is 31.0. The maximum absolute atomic E-state index is 14.2. The zero-order chi connectivity index (χ0) is 27.5. The van der Waals surface area contributed by atoms with Crippen LogP contribution in [0.15, 0.2) is 82.2 Å². The van der Waals surface area contributed by atoms with E-state index in [-0.39, 0.29) is 24.0 Å². The maximum Gasteiger partial charge on any atom is 0.351 e. The number of carbonyl (C=O) groups is 2. The standard InChI is InChI=1S/C26H31FN7O2P/c1-6-16(3)10-20(7-2)34(14-18-11-17(4)24(27)23(37)12-18)26(36)32-25(30-15-35)31-19-8-9-21(28)22(13-19)33-29-5/h6-13,15,28-29H,1,14,37H2,2-5H3,(H2,30,31,32,35,36)/b16-10-,20-7+,28-21?,33-22?. The number of aliphatic imine (C=N–C) groups is 1. The number of hydrogen-bond acceptors (Lipinski definition) is 5. The summed E-state index contributed by atoms with van der Waals surface area (Å²) in [5, 5.41) is 17.6. The lowest BCUT2D eigenvalue weighted by molar-refractivity contribution is -0.108. The smallest absolute Gasteiger partial charge is 0.325 e. The van der Waals surface area contributed by atoms with Crippen LogP contribution in [0.3, 0.4) is 0 Å². The number of rotatable bonds is 8. The molecule has 1 aliphatic carbocycles. The van der Waals surface area contributed by atoms with Crippen LogP contribution < -0.4 is 21.4 Å². The van der Waals surface area contributed by atoms with Gasteiger partial charge in [0.25, 0.3) is 0 Å². The van der Waals surface area contributed by atoms with Gasteiger partial charge in [-0.15, -0.1) is 9.24 Å². The van der Waals surface area contributed by atoms with E-state index in [1.54, 1.807) is 63.4 Å². The average molecular weight is 524 g/mol. The second-order valence-corrected chi connectivity index (χ2v) is 8.53. The van der Waals surface area contributed by atoms with Gasteiger partial charge in [-0.05, 0) is 67.8 Å². The van der Waals surface area contributed by atoms with Crippen LogP contribution in [0, 0.1) is 18.2 Å². The van der Waals surface area contributed by atoms with E-state index in [0.29, 0.717) is 39.9 Å². The van der Waals surface area contributed by atoms with Gasteiger partial charge in [-0.1, -0.05) is 24.8 Å². The van der Waals surface area contributed by atoms with E-state index in [2.05, 4.69) is 42.0 Å². The van der Waals surface area contributed by atoms with Gasteiger partial charge in [0, 0.05) is 23.7 Å². The van der Waals surface area contributed by atoms with Crippen LogP contribution in [0.25, 0.3) is 0 Å². The van der Waals surface area contributed by atoms with Gasteiger partial charge in [0.1, 0.15) is 11.5 Å². The summed E-state index contributed by atoms with van der Waals surface area (Å²) >= 11 is 0. The fourth-order valence-corrected chi connectivity index (χ4v) is 3.74. The van der Waals surface area contributed by atoms with Crippen molar-refractivity contribution in [1.29, 1.82) is 5.41 Å². The van der Waals surface area contributed by atoms with Gasteiger partial charge >= 0.3 is 6.03 Å². The van der Waals surface area contributed by atoms with Crippen molar-refractivity contribution in [3.8, 4) is 0 Å². The van der Waals surface area contributed by atoms with Crippen molar-refractivity contribution in [3.05, 3.63) is 89.1 Å². The molecule has 4 N–H and O–H groups in total. The molecule has 0 bridgehead atoms. The fraction of sp³-hybridized carbons (Fsp3) is 0.192. The Kier molecular flexibility index (Phi) is 10.8. The number of guanidine groups is 1. The molecule has 0 heterocycles. The number of hydrazone groups is 1. The summed E-state index contributed by atoms with van der Waals surface area (Å²) in [6, 6.07) is 2.64. The minimum Gasteiger partial charge on any atom is -0.325 e. The molecule has 1 aromatic carbocycles. The number of allylic oxidation sites excluding steroid dienone is 7. The minimum atomic E-state index is -0.678. The first-order valence-electron chi connectivity index (χ1n) is 11.3. The van der Waals surface area contributed by atoms with Gasteiger partial charge in [-0.2, -0.15) is 10.1 Å². The zero-order valence-corrected chi connectivity index (χ0v) is 22.4. The third kappa shape index (κ3) is 8.18. The highest BCUT2D eigenvalue weighted by molar-refractivity contribution is 7.27. The number of nitrogens with one attached hydrogen (secondary N) is 4. The number of urea groups is 1. The molecular formula is C26H31FN7O2P. The average Bonchev–Trinajstić information content (AvgIpc) is 2.86. The SMILES string of the molecule is C=C/C(C)=C\C(=C/C)N(Cc1cc(C)c(F)c(P)c1)C(=O)/N=C(\NC=O)NC1=CC(=NNC)C(=N)C=C1. The summed E-state index contributed by atoms with van der Waals surface area (Å²) < 4.78 is 14.2. The molecule has 0 saturated carbocycles. The number of halogens is 1. The van der Waals surface area contributed by atoms with E-state index in [1.165, 1.54) is 11.0 Å². The fourth-order valence-electron chi connectivity index (χ4n) is 3.29. The first-order chi connectivity index (χ1) is 17.6. The molecule has 0 aliphatic heterocycles. The van der Waals surface area contributed by atoms with E-state index in [9.17, 15) is 14.0 Å². The Morgan fingerprint density at radius 2 is 2.05 bits per heavy atom. The van der Waals surface area contributed by atoms with Crippen molar-refractivity contribution in [2.75, 3.05) is 7.05 Å². The Labute approximate surface area is 218 Å². The Hall–Kier alpha value is -4.17. The lowest BCUT2D eigenvalue weighted by Gasteiger charge is -2.23. The number of aryl methyl sites for hydroxylation is 1. The molecule has 0 saturated heterocycles. The molecular weight excluding hydrogens is 492 g/mol. The van der Waals surface area contributed by atoms with Crippen LogP contribution in [-0.4, -0.2) is 41.8 Å². The summed E-state index contributed by atoms with van der Waals surface area (Å²) in [6.45, 7) is 9.13. The first-order valence-corrected chi connectivity index (χ1v) is 11.8. The number of carbonyl (C=O) groups excluding carboxylic acids is 2. The molecule has 1 atom stereocenters. The predicted octanol–water partition coefficient (Wildman–Crippen LogP) is 3.33. The molecule has 3 amide bonds. The van der Waals surface area contributed by atoms with Crippen molar-refractivity contribution in [2.45, 2.75) is 27.3 Å². The van der Waals surface area contributed by atoms with Gasteiger partial charge in [0.2, 0.25) is 12.4 Å². The molecule has 1 aliphatic rings. The van der Waals surface area contributed by atoms with Gasteiger partial charge < -0.3 is 10.7 Å². The zero-order valence-electron chi connectivity index (χ0n) is 21.2. The molecule has 0 radical (unpaired) electrons. The van der Waals surface area contributed by atoms with Crippen molar-refractivity contribution in [3.63, 3.8) is 0 Å². The summed E-state index contributed by atoms with van der Waals surface area (Å²) in [5.74, 6) is -0.455. The Balaban J connectivity index is 2.49. The van der Waals surface area contributed by atoms with E-state index in [1.807, 2.05) is 6.92 Å². The van der Waals surface area contributed by atoms with Gasteiger partial charge in [-0.25, -0.2) is 9.18 Å². The van der Waals surface area contributed by atoms with E-state index < -0.39 is 6.03 Å². The van der Waals surface area contributed by atoms with E-state index in [0.717, 1.165) is 5.57 Å². The topological polar surface area (TPSA) is 122 Å². The van der Waals surface area contributed by atoms with Crippen LogP contribution in [0.4, 0.5) is 9.18 Å². The van der Waals surface area contributed by atoms with Crippen LogP contribution >= 0.6 is 9.24 Å². The van der Waals surface area contributed by atoms with Crippen LogP contribution in [-0.2, 0) is 11.3 Å². The monoisotopic (exact) mass is 523 g/mol. The molecule has 0 aromatic heterocycles. The molecule has 1 aromatic rings. The van der Waals surface area contributed by atoms with Gasteiger partial charge in [0.05, 0.1) is 12.3 Å². The number of amides is 3. The van der Waals surface area contributed by atoms with Crippen molar-refractivity contribution < 1.29 is 14.0 Å². The van der Waals surface area contributed by atoms with Gasteiger partial charge in [-0.3, -0.25) is 20.4 Å². The number of benzene rings is 1. The van der Waals surface area contributed by atoms with Crippen LogP contribution in [0.5, 0.6) is 0 Å². The van der Waals surface area contributed by atoms with E-state index >= 15 is 0 Å². The second-order valence-electron chi connectivity index (χ2n) is 7.91. The molecule has 194 valence electrons. The Bertz CT molecular complexity index is 1250. The third-order valence-corrected chi connectivity index (χ3v) is 5.53. The van der Waals surface area contributed by atoms with Crippen molar-refractivity contribution in [2.24, 2.45) is 10.1 Å². The van der Waals surface area contributed by atoms with E-state index in [4.69, 9.17) is 5.41 Å². The lowest BCUT2D eigenvalue weighted by atomic mass is 10.1.